The molecule has 0 aromatic heterocycles. The van der Waals surface area contributed by atoms with Gasteiger partial charge in [0.05, 0.1) is 17.0 Å². The SMILES string of the molecule is C[C@H]1CN(C(=O)CCC2(C)NC(=O)CC2=O)CCN1c1ccc(F)c(Cl)c1. The molecule has 1 aromatic carbocycles. The van der Waals surface area contributed by atoms with Crippen LogP contribution in [0.2, 0.25) is 5.02 Å². The molecule has 2 saturated heterocycles. The summed E-state index contributed by atoms with van der Waals surface area (Å²) in [4.78, 5) is 39.8. The number of benzene rings is 1. The fraction of sp³-hybridized carbons (Fsp3) is 0.526. The molecule has 1 aromatic rings. The van der Waals surface area contributed by atoms with Crippen LogP contribution in [-0.4, -0.2) is 53.7 Å². The lowest BCUT2D eigenvalue weighted by molar-refractivity contribution is -0.132. The van der Waals surface area contributed by atoms with Crippen LogP contribution in [0.4, 0.5) is 10.1 Å². The first-order chi connectivity index (χ1) is 12.7. The molecule has 6 nitrogen and oxygen atoms in total. The highest BCUT2D eigenvalue weighted by atomic mass is 35.5. The predicted octanol–water partition coefficient (Wildman–Crippen LogP) is 2.14. The normalized spacial score (nSPS) is 25.7. The molecule has 8 heteroatoms. The minimum Gasteiger partial charge on any atom is -0.365 e. The Balaban J connectivity index is 1.57. The van der Waals surface area contributed by atoms with E-state index >= 15 is 0 Å². The second-order valence-corrected chi connectivity index (χ2v) is 7.87. The number of nitrogens with one attached hydrogen (secondary N) is 1. The van der Waals surface area contributed by atoms with Crippen LogP contribution < -0.4 is 10.2 Å². The molecule has 1 unspecified atom stereocenters. The van der Waals surface area contributed by atoms with Crippen LogP contribution in [0.1, 0.15) is 33.1 Å². The van der Waals surface area contributed by atoms with E-state index < -0.39 is 11.4 Å². The van der Waals surface area contributed by atoms with Crippen LogP contribution >= 0.6 is 11.6 Å². The van der Waals surface area contributed by atoms with Gasteiger partial charge in [0.1, 0.15) is 5.82 Å². The van der Waals surface area contributed by atoms with Crippen molar-refractivity contribution in [3.63, 3.8) is 0 Å². The highest BCUT2D eigenvalue weighted by Crippen LogP contribution is 2.27. The number of anilines is 1. The van der Waals surface area contributed by atoms with Crippen LogP contribution in [0.25, 0.3) is 0 Å². The van der Waals surface area contributed by atoms with Gasteiger partial charge in [-0.05, 0) is 38.5 Å². The zero-order valence-electron chi connectivity index (χ0n) is 15.4. The van der Waals surface area contributed by atoms with Gasteiger partial charge in [-0.3, -0.25) is 14.4 Å². The Labute approximate surface area is 162 Å². The smallest absolute Gasteiger partial charge is 0.228 e. The van der Waals surface area contributed by atoms with Crippen molar-refractivity contribution in [3.05, 3.63) is 29.0 Å². The first-order valence-corrected chi connectivity index (χ1v) is 9.41. The number of carbonyl (C=O) groups is 3. The molecule has 2 aliphatic rings. The van der Waals surface area contributed by atoms with E-state index in [0.717, 1.165) is 5.69 Å². The number of halogens is 2. The standard InChI is InChI=1S/C19H23ClFN3O3/c1-12-11-23(7-8-24(12)13-3-4-15(21)14(20)9-13)18(27)5-6-19(2)16(25)10-17(26)22-19/h3-4,9,12H,5-8,10-11H2,1-2H3,(H,22,26)/t12-,19?/m0/s1. The Hall–Kier alpha value is -2.15. The molecular formula is C19H23ClFN3O3. The van der Waals surface area contributed by atoms with Gasteiger partial charge in [-0.1, -0.05) is 11.6 Å². The predicted molar refractivity (Wildman–Crippen MR) is 100 cm³/mol. The molecule has 0 aliphatic carbocycles. The first-order valence-electron chi connectivity index (χ1n) is 9.03. The molecule has 3 rings (SSSR count). The van der Waals surface area contributed by atoms with Crippen LogP contribution in [0, 0.1) is 5.82 Å². The lowest BCUT2D eigenvalue weighted by atomic mass is 9.92. The number of amides is 2. The number of hydrogen-bond donors (Lipinski definition) is 1. The van der Waals surface area contributed by atoms with Crippen LogP contribution in [0.15, 0.2) is 18.2 Å². The fourth-order valence-electron chi connectivity index (χ4n) is 3.71. The third-order valence-corrected chi connectivity index (χ3v) is 5.70. The van der Waals surface area contributed by atoms with Gasteiger partial charge in [0.15, 0.2) is 5.78 Å². The van der Waals surface area contributed by atoms with E-state index in [9.17, 15) is 18.8 Å². The topological polar surface area (TPSA) is 69.7 Å². The van der Waals surface area contributed by atoms with Crippen molar-refractivity contribution in [2.75, 3.05) is 24.5 Å². The summed E-state index contributed by atoms with van der Waals surface area (Å²) in [5, 5.41) is 2.75. The largest absolute Gasteiger partial charge is 0.365 e. The van der Waals surface area contributed by atoms with Gasteiger partial charge < -0.3 is 15.1 Å². The Morgan fingerprint density at radius 2 is 2.11 bits per heavy atom. The van der Waals surface area contributed by atoms with Crippen molar-refractivity contribution in [2.45, 2.75) is 44.7 Å². The quantitative estimate of drug-likeness (QED) is 0.793. The maximum absolute atomic E-state index is 13.4. The molecule has 0 radical (unpaired) electrons. The minimum atomic E-state index is -0.939. The summed E-state index contributed by atoms with van der Waals surface area (Å²) in [5.74, 6) is -0.931. The van der Waals surface area contributed by atoms with Crippen LogP contribution in [0.5, 0.6) is 0 Å². The fourth-order valence-corrected chi connectivity index (χ4v) is 3.89. The van der Waals surface area contributed by atoms with E-state index in [4.69, 9.17) is 11.6 Å². The maximum atomic E-state index is 13.4. The number of carbonyl (C=O) groups excluding carboxylic acids is 3. The van der Waals surface area contributed by atoms with Gasteiger partial charge in [0, 0.05) is 37.8 Å². The van der Waals surface area contributed by atoms with Gasteiger partial charge in [-0.15, -0.1) is 0 Å². The zero-order valence-corrected chi connectivity index (χ0v) is 16.2. The molecule has 0 bridgehead atoms. The van der Waals surface area contributed by atoms with E-state index in [1.807, 2.05) is 6.92 Å². The summed E-state index contributed by atoms with van der Waals surface area (Å²) in [6.07, 6.45) is 0.400. The van der Waals surface area contributed by atoms with E-state index in [1.54, 1.807) is 24.0 Å². The summed E-state index contributed by atoms with van der Waals surface area (Å²) in [5.41, 5.74) is -0.113. The van der Waals surface area contributed by atoms with Crippen LogP contribution in [0.3, 0.4) is 0 Å². The molecule has 2 amide bonds. The summed E-state index contributed by atoms with van der Waals surface area (Å²) >= 11 is 5.87. The van der Waals surface area contributed by atoms with Gasteiger partial charge >= 0.3 is 0 Å². The molecular weight excluding hydrogens is 373 g/mol. The molecule has 146 valence electrons. The third kappa shape index (κ3) is 4.08. The minimum absolute atomic E-state index is 0.0335. The van der Waals surface area contributed by atoms with Crippen molar-refractivity contribution >= 4 is 34.9 Å². The number of piperazine rings is 1. The van der Waals surface area contributed by atoms with Crippen molar-refractivity contribution in [1.82, 2.24) is 10.2 Å². The van der Waals surface area contributed by atoms with E-state index in [1.165, 1.54) is 6.07 Å². The number of Topliss-reactive ketones (excluding diaryl/α,β-unsaturated/α-hetero) is 1. The van der Waals surface area contributed by atoms with Crippen molar-refractivity contribution in [1.29, 1.82) is 0 Å². The molecule has 2 fully saturated rings. The third-order valence-electron chi connectivity index (χ3n) is 5.41. The highest BCUT2D eigenvalue weighted by Gasteiger charge is 2.42. The molecule has 1 N–H and O–H groups in total. The number of hydrogen-bond acceptors (Lipinski definition) is 4. The van der Waals surface area contributed by atoms with Gasteiger partial charge in [0.25, 0.3) is 0 Å². The van der Waals surface area contributed by atoms with E-state index in [-0.39, 0.29) is 41.5 Å². The second-order valence-electron chi connectivity index (χ2n) is 7.46. The maximum Gasteiger partial charge on any atom is 0.228 e. The summed E-state index contributed by atoms with van der Waals surface area (Å²) in [7, 11) is 0. The van der Waals surface area contributed by atoms with Crippen molar-refractivity contribution in [3.8, 4) is 0 Å². The first kappa shape index (κ1) is 19.6. The second kappa shape index (κ2) is 7.46. The van der Waals surface area contributed by atoms with E-state index in [2.05, 4.69) is 10.2 Å². The molecule has 2 heterocycles. The molecule has 27 heavy (non-hydrogen) atoms. The van der Waals surface area contributed by atoms with Crippen LogP contribution in [-0.2, 0) is 14.4 Å². The monoisotopic (exact) mass is 395 g/mol. The number of nitrogens with zero attached hydrogens (tertiary/aromatic N) is 2. The Kier molecular flexibility index (Phi) is 5.42. The Morgan fingerprint density at radius 3 is 2.70 bits per heavy atom. The lowest BCUT2D eigenvalue weighted by Gasteiger charge is -2.41. The summed E-state index contributed by atoms with van der Waals surface area (Å²) in [6, 6.07) is 4.67. The summed E-state index contributed by atoms with van der Waals surface area (Å²) < 4.78 is 13.4. The zero-order chi connectivity index (χ0) is 19.8. The summed E-state index contributed by atoms with van der Waals surface area (Å²) in [6.45, 7) is 5.35. The Bertz CT molecular complexity index is 787. The van der Waals surface area contributed by atoms with Gasteiger partial charge in [0.2, 0.25) is 11.8 Å². The molecule has 2 atom stereocenters. The average molecular weight is 396 g/mol. The molecule has 2 aliphatic heterocycles. The number of rotatable bonds is 4. The van der Waals surface area contributed by atoms with Gasteiger partial charge in [-0.25, -0.2) is 4.39 Å². The highest BCUT2D eigenvalue weighted by molar-refractivity contribution is 6.31. The van der Waals surface area contributed by atoms with E-state index in [0.29, 0.717) is 26.1 Å². The average Bonchev–Trinajstić information content (AvgIpc) is 2.87. The van der Waals surface area contributed by atoms with Crippen molar-refractivity contribution < 1.29 is 18.8 Å². The Morgan fingerprint density at radius 1 is 1.37 bits per heavy atom. The lowest BCUT2D eigenvalue weighted by Crippen LogP contribution is -2.54. The molecule has 0 saturated carbocycles. The van der Waals surface area contributed by atoms with Gasteiger partial charge in [-0.2, -0.15) is 0 Å². The molecule has 0 spiro atoms. The van der Waals surface area contributed by atoms with Crippen molar-refractivity contribution in [2.24, 2.45) is 0 Å². The number of ketones is 1.